The van der Waals surface area contributed by atoms with Gasteiger partial charge in [-0.15, -0.1) is 0 Å². The molecule has 0 aromatic heterocycles. The van der Waals surface area contributed by atoms with E-state index < -0.39 is 6.16 Å². The Morgan fingerprint density at radius 3 is 1.29 bits per heavy atom. The Hall–Kier alpha value is 0.190. The molecule has 0 heterocycles. The smallest absolute Gasteiger partial charge is 0.652 e. The fraction of sp³-hybridized carbons (Fsp3) is 0. The molecule has 0 amide bonds. The Morgan fingerprint density at radius 2 is 1.29 bits per heavy atom. The van der Waals surface area contributed by atoms with E-state index >= 15 is 0 Å². The third kappa shape index (κ3) is 3010. The van der Waals surface area contributed by atoms with Crippen molar-refractivity contribution in [3.63, 3.8) is 0 Å². The SMILES string of the molecule is O=C([O-])[O-].OO.[Na+]. The Balaban J connectivity index is -0.0000000480. The summed E-state index contributed by atoms with van der Waals surface area (Å²) < 4.78 is 0. The molecule has 0 bridgehead atoms. The van der Waals surface area contributed by atoms with Gasteiger partial charge in [-0.3, -0.25) is 10.5 Å². The summed E-state index contributed by atoms with van der Waals surface area (Å²) in [4.78, 5) is 8.33. The van der Waals surface area contributed by atoms with Gasteiger partial charge in [0.25, 0.3) is 0 Å². The fourth-order valence-corrected chi connectivity index (χ4v) is 0. The van der Waals surface area contributed by atoms with E-state index in [0.29, 0.717) is 0 Å². The predicted molar refractivity (Wildman–Crippen MR) is 10.7 cm³/mol. The molecular formula is CH2NaO5-. The van der Waals surface area contributed by atoms with Crippen LogP contribution in [-0.2, 0) is 0 Å². The molecule has 0 saturated heterocycles. The Labute approximate surface area is 61.4 Å². The van der Waals surface area contributed by atoms with Gasteiger partial charge in [0.1, 0.15) is 0 Å². The first-order valence-electron chi connectivity index (χ1n) is 0.812. The molecule has 0 aromatic rings. The summed E-state index contributed by atoms with van der Waals surface area (Å²) in [5, 5.41) is 28.7. The van der Waals surface area contributed by atoms with Crippen LogP contribution in [0.2, 0.25) is 0 Å². The average molecular weight is 117 g/mol. The first kappa shape index (κ1) is 15.7. The molecule has 0 aliphatic carbocycles. The summed E-state index contributed by atoms with van der Waals surface area (Å²) in [6.45, 7) is 0. The number of hydrogen-bond donors (Lipinski definition) is 2. The molecular weight excluding hydrogens is 115 g/mol. The molecule has 38 valence electrons. The van der Waals surface area contributed by atoms with Crippen molar-refractivity contribution >= 4 is 6.16 Å². The molecule has 0 rings (SSSR count). The van der Waals surface area contributed by atoms with Crippen LogP contribution in [0.15, 0.2) is 0 Å². The topological polar surface area (TPSA) is 104 Å². The van der Waals surface area contributed by atoms with Gasteiger partial charge in [0, 0.05) is 0 Å². The minimum atomic E-state index is -2.33. The van der Waals surface area contributed by atoms with Crippen LogP contribution >= 0.6 is 0 Å². The Morgan fingerprint density at radius 1 is 1.29 bits per heavy atom. The van der Waals surface area contributed by atoms with Crippen molar-refractivity contribution in [2.45, 2.75) is 0 Å². The van der Waals surface area contributed by atoms with Gasteiger partial charge in [0.15, 0.2) is 0 Å². The van der Waals surface area contributed by atoms with Crippen LogP contribution in [-0.4, -0.2) is 16.7 Å². The van der Waals surface area contributed by atoms with E-state index in [1.807, 2.05) is 0 Å². The summed E-state index contributed by atoms with van der Waals surface area (Å²) in [6, 6.07) is 0. The number of hydrogen-bond acceptors (Lipinski definition) is 5. The molecule has 2 N–H and O–H groups in total. The second-order valence-electron chi connectivity index (χ2n) is 0.250. The zero-order chi connectivity index (χ0) is 5.58. The van der Waals surface area contributed by atoms with E-state index in [1.165, 1.54) is 0 Å². The summed E-state index contributed by atoms with van der Waals surface area (Å²) in [5.41, 5.74) is 0. The van der Waals surface area contributed by atoms with E-state index in [-0.39, 0.29) is 29.6 Å². The molecule has 0 aliphatic heterocycles. The van der Waals surface area contributed by atoms with E-state index in [1.54, 1.807) is 0 Å². The van der Waals surface area contributed by atoms with Crippen molar-refractivity contribution < 1.29 is 55.1 Å². The predicted octanol–water partition coefficient (Wildman–Crippen LogP) is -5.43. The number of carbonyl (C=O) groups is 1. The Bertz CT molecular complexity index is 31.1. The monoisotopic (exact) mass is 117 g/mol. The minimum absolute atomic E-state index is 0. The quantitative estimate of drug-likeness (QED) is 0.187. The third-order valence-corrected chi connectivity index (χ3v) is 0. The normalized spacial score (nSPS) is 4.29. The summed E-state index contributed by atoms with van der Waals surface area (Å²) >= 11 is 0. The molecule has 0 unspecified atom stereocenters. The van der Waals surface area contributed by atoms with Gasteiger partial charge in [-0.25, -0.2) is 0 Å². The van der Waals surface area contributed by atoms with Crippen LogP contribution in [0.4, 0.5) is 4.79 Å². The maximum atomic E-state index is 8.33. The first-order chi connectivity index (χ1) is 2.73. The number of rotatable bonds is 0. The van der Waals surface area contributed by atoms with Crippen LogP contribution in [0, 0.1) is 0 Å². The van der Waals surface area contributed by atoms with Gasteiger partial charge < -0.3 is 15.0 Å². The van der Waals surface area contributed by atoms with Crippen LogP contribution in [0.25, 0.3) is 0 Å². The second kappa shape index (κ2) is 16.4. The summed E-state index contributed by atoms with van der Waals surface area (Å²) in [5.74, 6) is 0. The molecule has 0 atom stereocenters. The van der Waals surface area contributed by atoms with E-state index in [2.05, 4.69) is 0 Å². The third-order valence-electron chi connectivity index (χ3n) is 0. The van der Waals surface area contributed by atoms with Gasteiger partial charge >= 0.3 is 29.6 Å². The molecule has 6 heteroatoms. The van der Waals surface area contributed by atoms with Crippen molar-refractivity contribution in [2.24, 2.45) is 0 Å². The first-order valence-corrected chi connectivity index (χ1v) is 0.812. The largest absolute Gasteiger partial charge is 1.00 e. The van der Waals surface area contributed by atoms with Crippen LogP contribution in [0.1, 0.15) is 0 Å². The Kier molecular flexibility index (Phi) is 36.7. The molecule has 0 radical (unpaired) electrons. The van der Waals surface area contributed by atoms with Crippen molar-refractivity contribution in [2.75, 3.05) is 0 Å². The second-order valence-corrected chi connectivity index (χ2v) is 0.250. The minimum Gasteiger partial charge on any atom is -0.652 e. The van der Waals surface area contributed by atoms with Gasteiger partial charge in [-0.1, -0.05) is 0 Å². The van der Waals surface area contributed by atoms with Gasteiger partial charge in [0.2, 0.25) is 0 Å². The molecule has 0 fully saturated rings. The summed E-state index contributed by atoms with van der Waals surface area (Å²) in [7, 11) is 0. The van der Waals surface area contributed by atoms with Crippen LogP contribution < -0.4 is 39.8 Å². The standard InChI is InChI=1S/CH2O3.Na.H2O2/c2-1(3)4;;1-2/h(H2,2,3,4);;1-2H/q;+1;/p-2. The van der Waals surface area contributed by atoms with Crippen molar-refractivity contribution in [1.82, 2.24) is 0 Å². The van der Waals surface area contributed by atoms with E-state index in [9.17, 15) is 0 Å². The van der Waals surface area contributed by atoms with Gasteiger partial charge in [-0.2, -0.15) is 0 Å². The van der Waals surface area contributed by atoms with Gasteiger partial charge in [0.05, 0.1) is 0 Å². The zero-order valence-corrected chi connectivity index (χ0v) is 5.62. The maximum absolute atomic E-state index is 8.33. The van der Waals surface area contributed by atoms with Crippen LogP contribution in [0.3, 0.4) is 0 Å². The van der Waals surface area contributed by atoms with E-state index in [4.69, 9.17) is 25.5 Å². The van der Waals surface area contributed by atoms with Crippen molar-refractivity contribution in [1.29, 1.82) is 0 Å². The summed E-state index contributed by atoms with van der Waals surface area (Å²) in [6.07, 6.45) is -2.33. The zero-order valence-electron chi connectivity index (χ0n) is 3.62. The number of carboxylic acid groups (broad SMARTS) is 2. The molecule has 0 saturated carbocycles. The molecule has 5 nitrogen and oxygen atoms in total. The average Bonchev–Trinajstić information content (AvgIpc) is 1.41. The molecule has 0 aromatic carbocycles. The van der Waals surface area contributed by atoms with Crippen LogP contribution in [0.5, 0.6) is 0 Å². The van der Waals surface area contributed by atoms with Gasteiger partial charge in [-0.05, 0) is 6.16 Å². The molecule has 0 spiro atoms. The maximum Gasteiger partial charge on any atom is 1.00 e. The number of carbonyl (C=O) groups excluding carboxylic acids is 1. The van der Waals surface area contributed by atoms with E-state index in [0.717, 1.165) is 0 Å². The van der Waals surface area contributed by atoms with Crippen molar-refractivity contribution in [3.8, 4) is 0 Å². The molecule has 7 heavy (non-hydrogen) atoms. The fourth-order valence-electron chi connectivity index (χ4n) is 0. The van der Waals surface area contributed by atoms with Crippen molar-refractivity contribution in [3.05, 3.63) is 0 Å². The molecule has 0 aliphatic rings.